The van der Waals surface area contributed by atoms with Crippen molar-refractivity contribution in [1.29, 1.82) is 0 Å². The fourth-order valence-corrected chi connectivity index (χ4v) is 2.60. The van der Waals surface area contributed by atoms with Crippen LogP contribution in [0.4, 0.5) is 0 Å². The molecule has 7 heteroatoms. The van der Waals surface area contributed by atoms with Gasteiger partial charge in [0, 0.05) is 6.20 Å². The number of aliphatic hydroxyl groups is 1. The number of aliphatic hydroxyl groups excluding tert-OH is 1. The number of nitrogens with one attached hydrogen (secondary N) is 1. The van der Waals surface area contributed by atoms with Crippen LogP contribution in [0, 0.1) is 0 Å². The molecule has 2 aromatic heterocycles. The van der Waals surface area contributed by atoms with E-state index in [0.29, 0.717) is 11.0 Å². The number of nitrogens with zero attached hydrogens (tertiary/aromatic N) is 2. The van der Waals surface area contributed by atoms with Crippen LogP contribution >= 0.6 is 0 Å². The lowest BCUT2D eigenvalue weighted by atomic mass is 9.92. The number of carboxylic acid groups (broad SMARTS) is 1. The van der Waals surface area contributed by atoms with Crippen LogP contribution in [0.1, 0.15) is 31.7 Å². The molecule has 0 aromatic carbocycles. The Morgan fingerprint density at radius 1 is 1.40 bits per heavy atom. The third-order valence-corrected chi connectivity index (χ3v) is 3.55. The first kappa shape index (κ1) is 14.3. The van der Waals surface area contributed by atoms with Gasteiger partial charge in [-0.2, -0.15) is 0 Å². The van der Waals surface area contributed by atoms with E-state index in [4.69, 9.17) is 9.90 Å². The molecule has 108 valence electrons. The third kappa shape index (κ3) is 2.72. The SMILES string of the molecule is O=CO.O=c1c2[nH]ccc2ncn1[C@H]1CCCC[C@@H]1O. The van der Waals surface area contributed by atoms with Crippen LogP contribution in [0.3, 0.4) is 0 Å². The average molecular weight is 279 g/mol. The second-order valence-electron chi connectivity index (χ2n) is 4.72. The number of hydrogen-bond acceptors (Lipinski definition) is 4. The molecule has 0 radical (unpaired) electrons. The Bertz CT molecular complexity index is 634. The van der Waals surface area contributed by atoms with Gasteiger partial charge >= 0.3 is 0 Å². The highest BCUT2D eigenvalue weighted by atomic mass is 16.3. The molecule has 0 amide bonds. The minimum Gasteiger partial charge on any atom is -0.483 e. The molecule has 2 atom stereocenters. The largest absolute Gasteiger partial charge is 0.483 e. The smallest absolute Gasteiger partial charge is 0.290 e. The van der Waals surface area contributed by atoms with E-state index in [-0.39, 0.29) is 18.1 Å². The minimum atomic E-state index is -0.435. The van der Waals surface area contributed by atoms with Crippen LogP contribution in [-0.2, 0) is 4.79 Å². The molecule has 0 saturated heterocycles. The maximum absolute atomic E-state index is 12.2. The number of fused-ring (bicyclic) bond motifs is 1. The molecule has 0 unspecified atom stereocenters. The topological polar surface area (TPSA) is 108 Å². The standard InChI is InChI=1S/C12H15N3O2.CH2O2/c16-10-4-2-1-3-9(10)15-7-14-8-5-6-13-11(8)12(15)17;2-1-3/h5-7,9-10,13,16H,1-4H2;1H,(H,2,3)/t9-,10-;/m0./s1. The molecule has 2 heterocycles. The Morgan fingerprint density at radius 2 is 2.10 bits per heavy atom. The van der Waals surface area contributed by atoms with Crippen LogP contribution in [0.2, 0.25) is 0 Å². The van der Waals surface area contributed by atoms with Crippen LogP contribution in [0.5, 0.6) is 0 Å². The van der Waals surface area contributed by atoms with Gasteiger partial charge in [0.1, 0.15) is 5.52 Å². The molecular weight excluding hydrogens is 262 g/mol. The number of carbonyl (C=O) groups is 1. The first-order chi connectivity index (χ1) is 9.69. The number of aromatic amines is 1. The van der Waals surface area contributed by atoms with Crippen molar-refractivity contribution in [3.8, 4) is 0 Å². The molecule has 1 saturated carbocycles. The summed E-state index contributed by atoms with van der Waals surface area (Å²) in [6.45, 7) is -0.250. The fraction of sp³-hybridized carbons (Fsp3) is 0.462. The van der Waals surface area contributed by atoms with E-state index in [1.807, 2.05) is 0 Å². The minimum absolute atomic E-state index is 0.0917. The van der Waals surface area contributed by atoms with Crippen molar-refractivity contribution in [3.63, 3.8) is 0 Å². The predicted molar refractivity (Wildman–Crippen MR) is 72.6 cm³/mol. The number of H-pyrrole nitrogens is 1. The van der Waals surface area contributed by atoms with Gasteiger partial charge in [0.15, 0.2) is 0 Å². The van der Waals surface area contributed by atoms with Gasteiger partial charge < -0.3 is 15.2 Å². The summed E-state index contributed by atoms with van der Waals surface area (Å²) in [6, 6.07) is 1.65. The lowest BCUT2D eigenvalue weighted by Crippen LogP contribution is -2.34. The van der Waals surface area contributed by atoms with Crippen molar-refractivity contribution in [1.82, 2.24) is 14.5 Å². The zero-order valence-electron chi connectivity index (χ0n) is 10.9. The van der Waals surface area contributed by atoms with E-state index in [2.05, 4.69) is 9.97 Å². The number of rotatable bonds is 1. The van der Waals surface area contributed by atoms with Crippen LogP contribution in [-0.4, -0.2) is 37.3 Å². The fourth-order valence-electron chi connectivity index (χ4n) is 2.60. The molecule has 1 aliphatic rings. The Labute approximate surface area is 114 Å². The van der Waals surface area contributed by atoms with Crippen molar-refractivity contribution < 1.29 is 15.0 Å². The highest BCUT2D eigenvalue weighted by Crippen LogP contribution is 2.27. The molecule has 0 bridgehead atoms. The summed E-state index contributed by atoms with van der Waals surface area (Å²) < 4.78 is 1.57. The maximum Gasteiger partial charge on any atom is 0.290 e. The zero-order valence-corrected chi connectivity index (χ0v) is 10.9. The summed E-state index contributed by atoms with van der Waals surface area (Å²) in [7, 11) is 0. The van der Waals surface area contributed by atoms with Crippen LogP contribution in [0.25, 0.3) is 11.0 Å². The lowest BCUT2D eigenvalue weighted by molar-refractivity contribution is -0.122. The molecule has 7 nitrogen and oxygen atoms in total. The second-order valence-corrected chi connectivity index (χ2v) is 4.72. The monoisotopic (exact) mass is 279 g/mol. The molecule has 3 N–H and O–H groups in total. The van der Waals surface area contributed by atoms with E-state index in [1.54, 1.807) is 23.2 Å². The van der Waals surface area contributed by atoms with Crippen molar-refractivity contribution in [2.24, 2.45) is 0 Å². The highest BCUT2D eigenvalue weighted by molar-refractivity contribution is 5.73. The normalized spacial score (nSPS) is 22.1. The molecule has 0 aliphatic heterocycles. The Hall–Kier alpha value is -2.15. The number of hydrogen-bond donors (Lipinski definition) is 3. The van der Waals surface area contributed by atoms with E-state index < -0.39 is 6.10 Å². The van der Waals surface area contributed by atoms with Crippen LogP contribution in [0.15, 0.2) is 23.4 Å². The van der Waals surface area contributed by atoms with Gasteiger partial charge in [-0.3, -0.25) is 14.2 Å². The first-order valence-electron chi connectivity index (χ1n) is 6.49. The first-order valence-corrected chi connectivity index (χ1v) is 6.49. The second kappa shape index (κ2) is 6.33. The summed E-state index contributed by atoms with van der Waals surface area (Å²) in [5.41, 5.74) is 1.10. The summed E-state index contributed by atoms with van der Waals surface area (Å²) in [4.78, 5) is 27.7. The van der Waals surface area contributed by atoms with Gasteiger partial charge in [0.25, 0.3) is 12.0 Å². The predicted octanol–water partition coefficient (Wildman–Crippen LogP) is 0.901. The third-order valence-electron chi connectivity index (χ3n) is 3.55. The van der Waals surface area contributed by atoms with Gasteiger partial charge in [0.2, 0.25) is 0 Å². The van der Waals surface area contributed by atoms with E-state index in [0.717, 1.165) is 25.7 Å². The average Bonchev–Trinajstić information content (AvgIpc) is 2.91. The highest BCUT2D eigenvalue weighted by Gasteiger charge is 2.25. The summed E-state index contributed by atoms with van der Waals surface area (Å²) in [5, 5.41) is 16.9. The quantitative estimate of drug-likeness (QED) is 0.672. The van der Waals surface area contributed by atoms with Crippen molar-refractivity contribution >= 4 is 17.5 Å². The maximum atomic E-state index is 12.2. The van der Waals surface area contributed by atoms with Crippen LogP contribution < -0.4 is 5.56 Å². The number of aromatic nitrogens is 3. The molecular formula is C13H17N3O4. The Kier molecular flexibility index (Phi) is 4.52. The molecule has 1 aliphatic carbocycles. The summed E-state index contributed by atoms with van der Waals surface area (Å²) in [6.07, 6.45) is 6.52. The Balaban J connectivity index is 0.000000452. The lowest BCUT2D eigenvalue weighted by Gasteiger charge is -2.28. The Morgan fingerprint density at radius 3 is 2.80 bits per heavy atom. The van der Waals surface area contributed by atoms with E-state index in [1.165, 1.54) is 0 Å². The molecule has 1 fully saturated rings. The van der Waals surface area contributed by atoms with Gasteiger partial charge in [-0.15, -0.1) is 0 Å². The van der Waals surface area contributed by atoms with E-state index in [9.17, 15) is 9.90 Å². The zero-order chi connectivity index (χ0) is 14.5. The van der Waals surface area contributed by atoms with Gasteiger partial charge in [-0.1, -0.05) is 12.8 Å². The summed E-state index contributed by atoms with van der Waals surface area (Å²) >= 11 is 0. The van der Waals surface area contributed by atoms with Gasteiger partial charge in [0.05, 0.1) is 24.0 Å². The van der Waals surface area contributed by atoms with Crippen molar-refractivity contribution in [3.05, 3.63) is 28.9 Å². The molecule has 2 aromatic rings. The molecule has 20 heavy (non-hydrogen) atoms. The van der Waals surface area contributed by atoms with Crippen molar-refractivity contribution in [2.45, 2.75) is 37.8 Å². The van der Waals surface area contributed by atoms with Gasteiger partial charge in [-0.05, 0) is 18.9 Å². The van der Waals surface area contributed by atoms with Crippen molar-refractivity contribution in [2.75, 3.05) is 0 Å². The molecule has 0 spiro atoms. The van der Waals surface area contributed by atoms with Gasteiger partial charge in [-0.25, -0.2) is 4.98 Å². The summed E-state index contributed by atoms with van der Waals surface area (Å²) in [5.74, 6) is 0. The molecule has 3 rings (SSSR count). The van der Waals surface area contributed by atoms with E-state index >= 15 is 0 Å².